The highest BCUT2D eigenvalue weighted by atomic mass is 28.4. The molecule has 0 heterocycles. The molecule has 2 N–H and O–H groups in total. The third kappa shape index (κ3) is 4.80. The fourth-order valence-electron chi connectivity index (χ4n) is 6.99. The van der Waals surface area contributed by atoms with Gasteiger partial charge in [0.25, 0.3) is 0 Å². The summed E-state index contributed by atoms with van der Waals surface area (Å²) in [6.45, 7) is 20.8. The van der Waals surface area contributed by atoms with Gasteiger partial charge in [-0.2, -0.15) is 0 Å². The minimum atomic E-state index is -2.03. The Labute approximate surface area is 217 Å². The van der Waals surface area contributed by atoms with Crippen LogP contribution in [0, 0.1) is 34.5 Å². The Morgan fingerprint density at radius 3 is 2.39 bits per heavy atom. The molecule has 0 saturated heterocycles. The van der Waals surface area contributed by atoms with Gasteiger partial charge in [-0.1, -0.05) is 46.3 Å². The topological polar surface area (TPSA) is 116 Å². The normalized spacial score (nSPS) is 37.8. The van der Waals surface area contributed by atoms with E-state index >= 15 is 0 Å². The van der Waals surface area contributed by atoms with Crippen molar-refractivity contribution >= 4 is 14.1 Å². The van der Waals surface area contributed by atoms with Gasteiger partial charge in [0.05, 0.1) is 12.5 Å². The predicted octanol–water partition coefficient (Wildman–Crippen LogP) is 7.80. The van der Waals surface area contributed by atoms with Crippen molar-refractivity contribution in [1.29, 1.82) is 0 Å². The first kappa shape index (κ1) is 28.5. The molecule has 0 aromatic carbocycles. The lowest BCUT2D eigenvalue weighted by Gasteiger charge is -2.56. The molecule has 7 nitrogen and oxygen atoms in total. The van der Waals surface area contributed by atoms with Crippen molar-refractivity contribution in [1.82, 2.24) is 0 Å². The summed E-state index contributed by atoms with van der Waals surface area (Å²) in [5, 5.41) is 23.9. The quantitative estimate of drug-likeness (QED) is 0.0937. The summed E-state index contributed by atoms with van der Waals surface area (Å²) in [6, 6.07) is 0. The smallest absolute Gasteiger partial charge is 0.191 e. The molecule has 0 unspecified atom stereocenters. The van der Waals surface area contributed by atoms with Gasteiger partial charge in [0, 0.05) is 30.1 Å². The molecular formula is C28H45N3O4Si. The number of ketones is 1. The summed E-state index contributed by atoms with van der Waals surface area (Å²) in [6.07, 6.45) is 5.53. The minimum absolute atomic E-state index is 0.00297. The third-order valence-corrected chi connectivity index (χ3v) is 15.1. The van der Waals surface area contributed by atoms with Crippen molar-refractivity contribution < 1.29 is 19.4 Å². The van der Waals surface area contributed by atoms with E-state index in [4.69, 9.17) is 4.43 Å². The van der Waals surface area contributed by atoms with Gasteiger partial charge < -0.3 is 14.6 Å². The molecule has 36 heavy (non-hydrogen) atoms. The van der Waals surface area contributed by atoms with Gasteiger partial charge in [-0.05, 0) is 95.0 Å². The predicted molar refractivity (Wildman–Crippen MR) is 146 cm³/mol. The van der Waals surface area contributed by atoms with Crippen LogP contribution in [-0.4, -0.2) is 37.5 Å². The number of hydrogen-bond acceptors (Lipinski definition) is 5. The molecule has 0 aromatic heterocycles. The van der Waals surface area contributed by atoms with Crippen molar-refractivity contribution in [3.05, 3.63) is 46.3 Å². The Morgan fingerprint density at radius 2 is 1.83 bits per heavy atom. The Hall–Kier alpha value is -2.02. The fourth-order valence-corrected chi connectivity index (χ4v) is 8.04. The lowest BCUT2D eigenvalue weighted by molar-refractivity contribution is -0.125. The van der Waals surface area contributed by atoms with Gasteiger partial charge in [-0.3, -0.25) is 4.79 Å². The number of hydrogen-bond donors (Lipinski definition) is 2. The largest absolute Gasteiger partial charge is 0.515 e. The van der Waals surface area contributed by atoms with Gasteiger partial charge in [0.15, 0.2) is 14.1 Å². The van der Waals surface area contributed by atoms with Crippen LogP contribution in [0.25, 0.3) is 10.4 Å². The van der Waals surface area contributed by atoms with Crippen LogP contribution in [0.1, 0.15) is 66.7 Å². The number of aliphatic hydroxyl groups excluding tert-OH is 2. The zero-order valence-electron chi connectivity index (χ0n) is 23.2. The molecule has 0 radical (unpaired) electrons. The number of azide groups is 1. The standard InChI is InChI=1S/C28H45N3O4Si/c1-18-19(15-32)11-24-22(14-30-31-29)23(9-10-27(18,24)5)28(6)13-20(16-33)25(34)12-21(28)17-35-36(7,8)26(2,3)4/h15-16,21-24,32-33H,1,9-14,17H2,2-8H3/t21-,22-,23+,24+,27-,28+/m1/s1. The van der Waals surface area contributed by atoms with E-state index in [0.29, 0.717) is 38.0 Å². The van der Waals surface area contributed by atoms with Gasteiger partial charge in [0.2, 0.25) is 0 Å². The number of carbonyl (C=O) groups excluding carboxylic acids is 1. The number of aliphatic hydroxyl groups is 2. The van der Waals surface area contributed by atoms with Gasteiger partial charge in [-0.15, -0.1) is 0 Å². The second-order valence-electron chi connectivity index (χ2n) is 13.3. The number of nitrogens with zero attached hydrogens (tertiary/aromatic N) is 3. The highest BCUT2D eigenvalue weighted by molar-refractivity contribution is 6.74. The molecule has 0 aliphatic heterocycles. The number of carbonyl (C=O) groups is 1. The van der Waals surface area contributed by atoms with Crippen LogP contribution >= 0.6 is 0 Å². The highest BCUT2D eigenvalue weighted by Gasteiger charge is 2.58. The molecular weight excluding hydrogens is 470 g/mol. The molecule has 3 aliphatic carbocycles. The first-order valence-electron chi connectivity index (χ1n) is 13.2. The molecule has 3 rings (SSSR count). The number of allylic oxidation sites excluding steroid dienone is 3. The van der Waals surface area contributed by atoms with Crippen LogP contribution in [0.3, 0.4) is 0 Å². The molecule has 3 aliphatic rings. The van der Waals surface area contributed by atoms with E-state index in [-0.39, 0.29) is 45.3 Å². The van der Waals surface area contributed by atoms with Crippen LogP contribution in [0.2, 0.25) is 18.1 Å². The third-order valence-electron chi connectivity index (χ3n) is 10.6. The molecule has 8 heteroatoms. The second kappa shape index (κ2) is 10.0. The van der Waals surface area contributed by atoms with E-state index in [0.717, 1.165) is 30.2 Å². The molecule has 200 valence electrons. The summed E-state index contributed by atoms with van der Waals surface area (Å²) in [4.78, 5) is 16.1. The van der Waals surface area contributed by atoms with Crippen molar-refractivity contribution in [2.24, 2.45) is 39.6 Å². The summed E-state index contributed by atoms with van der Waals surface area (Å²) in [5.74, 6) is 0.421. The van der Waals surface area contributed by atoms with Crippen LogP contribution in [0.15, 0.2) is 40.9 Å². The summed E-state index contributed by atoms with van der Waals surface area (Å²) in [7, 11) is -2.03. The minimum Gasteiger partial charge on any atom is -0.515 e. The molecule has 0 spiro atoms. The maximum absolute atomic E-state index is 13.0. The molecule has 3 saturated carbocycles. The molecule has 0 aromatic rings. The Balaban J connectivity index is 2.03. The van der Waals surface area contributed by atoms with Crippen LogP contribution in [0.5, 0.6) is 0 Å². The Morgan fingerprint density at radius 1 is 1.19 bits per heavy atom. The van der Waals surface area contributed by atoms with E-state index < -0.39 is 8.32 Å². The molecule has 6 atom stereocenters. The van der Waals surface area contributed by atoms with Gasteiger partial charge >= 0.3 is 0 Å². The molecule has 3 fully saturated rings. The van der Waals surface area contributed by atoms with Gasteiger partial charge in [0.1, 0.15) is 0 Å². The summed E-state index contributed by atoms with van der Waals surface area (Å²) >= 11 is 0. The Bertz CT molecular complexity index is 1010. The van der Waals surface area contributed by atoms with Crippen LogP contribution in [0.4, 0.5) is 0 Å². The first-order valence-corrected chi connectivity index (χ1v) is 16.1. The van der Waals surface area contributed by atoms with Crippen LogP contribution < -0.4 is 0 Å². The van der Waals surface area contributed by atoms with E-state index in [1.54, 1.807) is 0 Å². The number of rotatable bonds is 6. The zero-order valence-corrected chi connectivity index (χ0v) is 24.2. The fraction of sp³-hybridized carbons (Fsp3) is 0.750. The van der Waals surface area contributed by atoms with Gasteiger partial charge in [-0.25, -0.2) is 0 Å². The zero-order chi connectivity index (χ0) is 27.1. The van der Waals surface area contributed by atoms with E-state index in [1.807, 2.05) is 0 Å². The lowest BCUT2D eigenvalue weighted by Crippen LogP contribution is -2.53. The van der Waals surface area contributed by atoms with Crippen molar-refractivity contribution in [3.8, 4) is 0 Å². The lowest BCUT2D eigenvalue weighted by atomic mass is 9.49. The highest BCUT2D eigenvalue weighted by Crippen LogP contribution is 2.64. The van der Waals surface area contributed by atoms with E-state index in [2.05, 4.69) is 64.3 Å². The van der Waals surface area contributed by atoms with Crippen molar-refractivity contribution in [3.63, 3.8) is 0 Å². The molecule has 0 bridgehead atoms. The SMILES string of the molecule is C=C1C(=CO)C[C@H]2[C@H](CN=[N+]=[N-])[C@@H]([C@@]3(C)CC(=CO)C(=O)C[C@@H]3CO[Si](C)(C)C(C)(C)C)CC[C@]12C. The average molecular weight is 516 g/mol. The Kier molecular flexibility index (Phi) is 7.95. The maximum atomic E-state index is 13.0. The van der Waals surface area contributed by atoms with E-state index in [1.165, 1.54) is 6.26 Å². The maximum Gasteiger partial charge on any atom is 0.191 e. The monoisotopic (exact) mass is 515 g/mol. The first-order chi connectivity index (χ1) is 16.7. The number of fused-ring (bicyclic) bond motifs is 1. The summed E-state index contributed by atoms with van der Waals surface area (Å²) in [5.41, 5.74) is 11.1. The summed E-state index contributed by atoms with van der Waals surface area (Å²) < 4.78 is 6.68. The van der Waals surface area contributed by atoms with Crippen LogP contribution in [-0.2, 0) is 9.22 Å². The van der Waals surface area contributed by atoms with Crippen molar-refractivity contribution in [2.45, 2.75) is 84.9 Å². The number of Topliss-reactive ketones (excluding diaryl/α,β-unsaturated/α-hetero) is 1. The average Bonchev–Trinajstić information content (AvgIpc) is 3.07. The van der Waals surface area contributed by atoms with E-state index in [9.17, 15) is 20.5 Å². The second-order valence-corrected chi connectivity index (χ2v) is 18.1. The molecule has 0 amide bonds. The van der Waals surface area contributed by atoms with Crippen molar-refractivity contribution in [2.75, 3.05) is 13.2 Å².